The van der Waals surface area contributed by atoms with Gasteiger partial charge >= 0.3 is 5.97 Å². The summed E-state index contributed by atoms with van der Waals surface area (Å²) >= 11 is 0. The lowest BCUT2D eigenvalue weighted by atomic mass is 9.86. The van der Waals surface area contributed by atoms with Gasteiger partial charge in [0.2, 0.25) is 0 Å². The third-order valence-electron chi connectivity index (χ3n) is 6.76. The average Bonchev–Trinajstić information content (AvgIpc) is 3.51. The van der Waals surface area contributed by atoms with Crippen molar-refractivity contribution in [3.63, 3.8) is 0 Å². The molecule has 0 bridgehead atoms. The minimum absolute atomic E-state index is 0.0273. The van der Waals surface area contributed by atoms with E-state index in [9.17, 15) is 19.8 Å². The molecule has 0 aromatic carbocycles. The Kier molecular flexibility index (Phi) is 10.3. The predicted molar refractivity (Wildman–Crippen MR) is 118 cm³/mol. The summed E-state index contributed by atoms with van der Waals surface area (Å²) < 4.78 is 0. The van der Waals surface area contributed by atoms with Crippen LogP contribution in [0.2, 0.25) is 0 Å². The molecule has 0 spiro atoms. The fourth-order valence-electron chi connectivity index (χ4n) is 4.61. The van der Waals surface area contributed by atoms with E-state index in [0.29, 0.717) is 31.6 Å². The first kappa shape index (κ1) is 24.8. The molecule has 3 N–H and O–H groups in total. The second kappa shape index (κ2) is 12.4. The molecule has 30 heavy (non-hydrogen) atoms. The van der Waals surface area contributed by atoms with E-state index in [0.717, 1.165) is 32.1 Å². The Labute approximate surface area is 181 Å². The number of carbonyl (C=O) groups is 2. The highest BCUT2D eigenvalue weighted by Crippen LogP contribution is 2.45. The van der Waals surface area contributed by atoms with Crippen molar-refractivity contribution in [1.29, 1.82) is 0 Å². The van der Waals surface area contributed by atoms with Gasteiger partial charge in [0.15, 0.2) is 6.10 Å². The lowest BCUT2D eigenvalue weighted by Gasteiger charge is -2.27. The highest BCUT2D eigenvalue weighted by atomic mass is 16.4. The van der Waals surface area contributed by atoms with Crippen LogP contribution in [0.1, 0.15) is 90.4 Å². The van der Waals surface area contributed by atoms with Gasteiger partial charge in [-0.05, 0) is 63.2 Å². The number of allylic oxidation sites excluding steroid dienone is 3. The molecule has 0 radical (unpaired) electrons. The van der Waals surface area contributed by atoms with Gasteiger partial charge in [0.25, 0.3) is 0 Å². The zero-order valence-electron chi connectivity index (χ0n) is 18.5. The number of unbranched alkanes of at least 4 members (excludes halogenated alkanes) is 3. The molecule has 2 fully saturated rings. The number of hydrogen-bond acceptors (Lipinski definition) is 4. The van der Waals surface area contributed by atoms with Crippen LogP contribution in [0, 0.1) is 17.8 Å². The summed E-state index contributed by atoms with van der Waals surface area (Å²) in [6, 6.07) is 0. The van der Waals surface area contributed by atoms with E-state index in [1.54, 1.807) is 0 Å². The second-order valence-corrected chi connectivity index (χ2v) is 9.23. The molecule has 2 aliphatic rings. The molecular formula is C25H40O5. The number of hydrogen-bond donors (Lipinski definition) is 3. The Morgan fingerprint density at radius 1 is 1.17 bits per heavy atom. The highest BCUT2D eigenvalue weighted by Gasteiger charge is 2.42. The number of aliphatic hydroxyl groups is 2. The number of Topliss-reactive ketones (excluding diaryl/α,β-unsaturated/α-hetero) is 1. The Bertz CT molecular complexity index is 607. The lowest BCUT2D eigenvalue weighted by Crippen LogP contribution is -2.30. The zero-order chi connectivity index (χ0) is 22.0. The number of rotatable bonds is 15. The van der Waals surface area contributed by atoms with Crippen LogP contribution in [0.4, 0.5) is 0 Å². The standard InChI is InChI=1S/C25H40O5/c1-2-3-4-8-17-25(30,20-14-15-20)18-9-10-19-13-16-22(26)21(19)11-6-5-7-12-23(27)24(28)29/h5-6,9-10,19-21,23,27,30H,2-4,7-8,11-18H2,1H3,(H,28,29)/t19-,21+,23?,25?/m0/s1. The SMILES string of the molecule is CCCCCCC(O)(CC=C[C@H]1CCC(=O)[C@@H]1CC=CCCC(O)C(=O)O)C1CC1. The normalized spacial score (nSPS) is 25.2. The van der Waals surface area contributed by atoms with E-state index in [-0.39, 0.29) is 24.0 Å². The first-order valence-corrected chi connectivity index (χ1v) is 11.8. The third kappa shape index (κ3) is 7.99. The monoisotopic (exact) mass is 420 g/mol. The Balaban J connectivity index is 1.80. The molecule has 2 rings (SSSR count). The minimum atomic E-state index is -1.33. The van der Waals surface area contributed by atoms with Crippen molar-refractivity contribution >= 4 is 11.8 Å². The lowest BCUT2D eigenvalue weighted by molar-refractivity contribution is -0.146. The molecule has 0 aliphatic heterocycles. The van der Waals surface area contributed by atoms with E-state index < -0.39 is 17.7 Å². The van der Waals surface area contributed by atoms with Crippen LogP contribution in [-0.4, -0.2) is 38.8 Å². The smallest absolute Gasteiger partial charge is 0.332 e. The van der Waals surface area contributed by atoms with Gasteiger partial charge in [-0.15, -0.1) is 0 Å². The molecule has 2 unspecified atom stereocenters. The van der Waals surface area contributed by atoms with Gasteiger partial charge in [-0.25, -0.2) is 4.79 Å². The molecule has 0 aromatic rings. The molecule has 0 aromatic heterocycles. The maximum atomic E-state index is 12.3. The third-order valence-corrected chi connectivity index (χ3v) is 6.76. The average molecular weight is 421 g/mol. The molecule has 2 aliphatic carbocycles. The maximum Gasteiger partial charge on any atom is 0.332 e. The number of aliphatic carboxylic acids is 1. The number of carboxylic acids is 1. The van der Waals surface area contributed by atoms with Crippen molar-refractivity contribution in [1.82, 2.24) is 0 Å². The van der Waals surface area contributed by atoms with Crippen LogP contribution in [0.3, 0.4) is 0 Å². The molecule has 170 valence electrons. The summed E-state index contributed by atoms with van der Waals surface area (Å²) in [5.74, 6) is -0.280. The molecule has 0 saturated heterocycles. The van der Waals surface area contributed by atoms with Gasteiger partial charge in [-0.1, -0.05) is 56.9 Å². The first-order chi connectivity index (χ1) is 14.4. The minimum Gasteiger partial charge on any atom is -0.479 e. The molecule has 0 heterocycles. The van der Waals surface area contributed by atoms with Crippen LogP contribution in [0.5, 0.6) is 0 Å². The van der Waals surface area contributed by atoms with Gasteiger partial charge < -0.3 is 15.3 Å². The number of carboxylic acid groups (broad SMARTS) is 1. The highest BCUT2D eigenvalue weighted by molar-refractivity contribution is 5.83. The van der Waals surface area contributed by atoms with Crippen molar-refractivity contribution < 1.29 is 24.9 Å². The van der Waals surface area contributed by atoms with Gasteiger partial charge in [0.1, 0.15) is 5.78 Å². The molecule has 4 atom stereocenters. The van der Waals surface area contributed by atoms with Gasteiger partial charge in [-0.3, -0.25) is 4.79 Å². The van der Waals surface area contributed by atoms with Crippen molar-refractivity contribution in [2.75, 3.05) is 0 Å². The number of carbonyl (C=O) groups excluding carboxylic acids is 1. The number of ketones is 1. The van der Waals surface area contributed by atoms with E-state index >= 15 is 0 Å². The van der Waals surface area contributed by atoms with E-state index in [4.69, 9.17) is 5.11 Å². The summed E-state index contributed by atoms with van der Waals surface area (Å²) in [6.07, 6.45) is 18.1. The Morgan fingerprint density at radius 2 is 1.93 bits per heavy atom. The second-order valence-electron chi connectivity index (χ2n) is 9.23. The fourth-order valence-corrected chi connectivity index (χ4v) is 4.61. The van der Waals surface area contributed by atoms with Crippen LogP contribution in [-0.2, 0) is 9.59 Å². The summed E-state index contributed by atoms with van der Waals surface area (Å²) in [4.78, 5) is 22.9. The van der Waals surface area contributed by atoms with Gasteiger partial charge in [0, 0.05) is 12.3 Å². The van der Waals surface area contributed by atoms with Crippen LogP contribution >= 0.6 is 0 Å². The Morgan fingerprint density at radius 3 is 2.60 bits per heavy atom. The van der Waals surface area contributed by atoms with Crippen molar-refractivity contribution in [3.05, 3.63) is 24.3 Å². The van der Waals surface area contributed by atoms with Gasteiger partial charge in [-0.2, -0.15) is 0 Å². The topological polar surface area (TPSA) is 94.8 Å². The number of aliphatic hydroxyl groups excluding tert-OH is 1. The van der Waals surface area contributed by atoms with E-state index in [1.165, 1.54) is 19.3 Å². The maximum absolute atomic E-state index is 12.3. The Hall–Kier alpha value is -1.46. The summed E-state index contributed by atoms with van der Waals surface area (Å²) in [5, 5.41) is 29.1. The largest absolute Gasteiger partial charge is 0.479 e. The molecule has 0 amide bonds. The summed E-state index contributed by atoms with van der Waals surface area (Å²) in [7, 11) is 0. The molecular weight excluding hydrogens is 380 g/mol. The first-order valence-electron chi connectivity index (χ1n) is 11.8. The summed E-state index contributed by atoms with van der Waals surface area (Å²) in [6.45, 7) is 2.20. The molecule has 2 saturated carbocycles. The van der Waals surface area contributed by atoms with Crippen LogP contribution in [0.25, 0.3) is 0 Å². The van der Waals surface area contributed by atoms with Gasteiger partial charge in [0.05, 0.1) is 5.60 Å². The molecule has 5 nitrogen and oxygen atoms in total. The van der Waals surface area contributed by atoms with E-state index in [1.807, 2.05) is 12.2 Å². The van der Waals surface area contributed by atoms with Crippen molar-refractivity contribution in [2.24, 2.45) is 17.8 Å². The van der Waals surface area contributed by atoms with Crippen LogP contribution < -0.4 is 0 Å². The quantitative estimate of drug-likeness (QED) is 0.261. The van der Waals surface area contributed by atoms with E-state index in [2.05, 4.69) is 19.1 Å². The zero-order valence-corrected chi connectivity index (χ0v) is 18.5. The van der Waals surface area contributed by atoms with Crippen molar-refractivity contribution in [3.8, 4) is 0 Å². The molecule has 5 heteroatoms. The van der Waals surface area contributed by atoms with Crippen molar-refractivity contribution in [2.45, 2.75) is 102 Å². The predicted octanol–water partition coefficient (Wildman–Crippen LogP) is 4.81. The fraction of sp³-hybridized carbons (Fsp3) is 0.760. The summed E-state index contributed by atoms with van der Waals surface area (Å²) in [5.41, 5.74) is -0.576. The van der Waals surface area contributed by atoms with Crippen LogP contribution in [0.15, 0.2) is 24.3 Å².